The number of nitrogens with zero attached hydrogens (tertiary/aromatic N) is 3. The molecule has 3 atom stereocenters. The molecule has 1 saturated carbocycles. The zero-order valence-electron chi connectivity index (χ0n) is 22.0. The Bertz CT molecular complexity index is 1380. The summed E-state index contributed by atoms with van der Waals surface area (Å²) in [7, 11) is 0. The number of hydrogen-bond donors (Lipinski definition) is 3. The van der Waals surface area contributed by atoms with Gasteiger partial charge in [0, 0.05) is 12.8 Å². The summed E-state index contributed by atoms with van der Waals surface area (Å²) in [5.74, 6) is 1.90. The molecule has 40 heavy (non-hydrogen) atoms. The molecule has 0 saturated heterocycles. The number of amides is 2. The van der Waals surface area contributed by atoms with Crippen LogP contribution in [0.2, 0.25) is 0 Å². The fourth-order valence-electron chi connectivity index (χ4n) is 5.17. The number of hydrogen-bond acceptors (Lipinski definition) is 6. The van der Waals surface area contributed by atoms with Crippen LogP contribution in [0.15, 0.2) is 42.7 Å². The minimum atomic E-state index is -1.19. The van der Waals surface area contributed by atoms with Gasteiger partial charge in [-0.25, -0.2) is 33.8 Å². The second-order valence-corrected chi connectivity index (χ2v) is 9.76. The molecule has 0 bridgehead atoms. The summed E-state index contributed by atoms with van der Waals surface area (Å²) in [5.41, 5.74) is -0.136. The summed E-state index contributed by atoms with van der Waals surface area (Å²) in [6.07, 6.45) is 3.64. The minimum Gasteiger partial charge on any atom is -0.464 e. The number of nitrogens with one attached hydrogen (secondary N) is 1. The number of halogens is 3. The largest absolute Gasteiger partial charge is 0.464 e. The fraction of sp³-hybridized carbons (Fsp3) is 0.357. The Kier molecular flexibility index (Phi) is 9.00. The molecule has 12 heteroatoms. The molecule has 1 unspecified atom stereocenters. The molecule has 0 spiro atoms. The maximum absolute atomic E-state index is 14.8. The lowest BCUT2D eigenvalue weighted by atomic mass is 9.75. The van der Waals surface area contributed by atoms with Crippen molar-refractivity contribution in [2.45, 2.75) is 51.7 Å². The summed E-state index contributed by atoms with van der Waals surface area (Å²) < 4.78 is 49.5. The van der Waals surface area contributed by atoms with Gasteiger partial charge in [0.15, 0.2) is 0 Å². The third-order valence-electron chi connectivity index (χ3n) is 7.14. The quantitative estimate of drug-likeness (QED) is 0.190. The van der Waals surface area contributed by atoms with Crippen LogP contribution in [0.1, 0.15) is 60.6 Å². The van der Waals surface area contributed by atoms with E-state index in [1.165, 1.54) is 6.20 Å². The number of aromatic nitrogens is 2. The first-order valence-electron chi connectivity index (χ1n) is 12.8. The highest BCUT2D eigenvalue weighted by atomic mass is 19.1. The maximum atomic E-state index is 14.8. The van der Waals surface area contributed by atoms with E-state index in [4.69, 9.17) is 10.6 Å². The standard InChI is InChI=1S/C28H30F3N5O4/c1-3-40-14-16-11-20(30)25(21(31)12-16)26-19(29)5-6-22(34-26)27(37)35-23-13-33-9-8-18(23)17-4-7-24(15(2)10-17)36(32)28(38)39/h5-6,8-9,11-13,15,17,24H,3-4,7,10,14,32H2,1-2H3,(H,35,37)(H,38,39)/t15-,17+,24?/m0/s1. The van der Waals surface area contributed by atoms with Crippen molar-refractivity contribution in [2.75, 3.05) is 11.9 Å². The zero-order chi connectivity index (χ0) is 29.0. The molecular formula is C28H30F3N5O4. The summed E-state index contributed by atoms with van der Waals surface area (Å²) in [6, 6.07) is 5.57. The molecule has 9 nitrogen and oxygen atoms in total. The highest BCUT2D eigenvalue weighted by Crippen LogP contribution is 2.40. The van der Waals surface area contributed by atoms with Gasteiger partial charge < -0.3 is 15.2 Å². The molecule has 0 radical (unpaired) electrons. The molecular weight excluding hydrogens is 527 g/mol. The van der Waals surface area contributed by atoms with Crippen LogP contribution >= 0.6 is 0 Å². The first kappa shape index (κ1) is 29.0. The van der Waals surface area contributed by atoms with Crippen molar-refractivity contribution in [1.29, 1.82) is 0 Å². The number of pyridine rings is 2. The lowest BCUT2D eigenvalue weighted by Gasteiger charge is -2.38. The lowest BCUT2D eigenvalue weighted by molar-refractivity contribution is 0.0859. The maximum Gasteiger partial charge on any atom is 0.421 e. The summed E-state index contributed by atoms with van der Waals surface area (Å²) >= 11 is 0. The number of carbonyl (C=O) groups excluding carboxylic acids is 1. The van der Waals surface area contributed by atoms with Crippen LogP contribution < -0.4 is 11.2 Å². The van der Waals surface area contributed by atoms with Gasteiger partial charge in [-0.1, -0.05) is 6.92 Å². The van der Waals surface area contributed by atoms with Crippen LogP contribution in [0.3, 0.4) is 0 Å². The van der Waals surface area contributed by atoms with Crippen molar-refractivity contribution in [2.24, 2.45) is 11.8 Å². The van der Waals surface area contributed by atoms with E-state index in [-0.39, 0.29) is 35.7 Å². The lowest BCUT2D eigenvalue weighted by Crippen LogP contribution is -2.49. The third kappa shape index (κ3) is 6.23. The van der Waals surface area contributed by atoms with Gasteiger partial charge in [-0.3, -0.25) is 9.78 Å². The second kappa shape index (κ2) is 12.4. The van der Waals surface area contributed by atoms with Crippen molar-refractivity contribution in [3.63, 3.8) is 0 Å². The van der Waals surface area contributed by atoms with E-state index in [1.54, 1.807) is 19.2 Å². The SMILES string of the molecule is CCOCc1cc(F)c(-c2nc(C(=O)Nc3cnccc3[C@@H]3CCC(N(N)C(=O)O)[C@@H](C)C3)ccc2F)c(F)c1. The van der Waals surface area contributed by atoms with Gasteiger partial charge in [0.2, 0.25) is 0 Å². The van der Waals surface area contributed by atoms with Crippen LogP contribution in [-0.2, 0) is 11.3 Å². The molecule has 1 fully saturated rings. The number of carbonyl (C=O) groups is 2. The van der Waals surface area contributed by atoms with E-state index in [0.717, 1.165) is 34.8 Å². The highest BCUT2D eigenvalue weighted by Gasteiger charge is 2.34. The average molecular weight is 558 g/mol. The van der Waals surface area contributed by atoms with E-state index < -0.39 is 40.7 Å². The van der Waals surface area contributed by atoms with Crippen molar-refractivity contribution in [1.82, 2.24) is 15.0 Å². The van der Waals surface area contributed by atoms with Crippen molar-refractivity contribution in [3.8, 4) is 11.3 Å². The van der Waals surface area contributed by atoms with E-state index in [9.17, 15) is 27.9 Å². The molecule has 0 aliphatic heterocycles. The molecule has 2 heterocycles. The Morgan fingerprint density at radius 3 is 2.52 bits per heavy atom. The fourth-order valence-corrected chi connectivity index (χ4v) is 5.17. The molecule has 4 rings (SSSR count). The number of benzene rings is 1. The van der Waals surface area contributed by atoms with E-state index >= 15 is 0 Å². The van der Waals surface area contributed by atoms with Crippen LogP contribution in [0.4, 0.5) is 23.7 Å². The number of carboxylic acid groups (broad SMARTS) is 1. The summed E-state index contributed by atoms with van der Waals surface area (Å²) in [6.45, 7) is 4.01. The Morgan fingerprint density at radius 1 is 1.15 bits per heavy atom. The van der Waals surface area contributed by atoms with Crippen LogP contribution in [-0.4, -0.2) is 44.7 Å². The molecule has 4 N–H and O–H groups in total. The first-order valence-corrected chi connectivity index (χ1v) is 12.8. The number of ether oxygens (including phenoxy) is 1. The minimum absolute atomic E-state index is 0.0122. The number of hydrazine groups is 1. The Balaban J connectivity index is 1.56. The van der Waals surface area contributed by atoms with Gasteiger partial charge >= 0.3 is 6.09 Å². The monoisotopic (exact) mass is 557 g/mol. The van der Waals surface area contributed by atoms with Gasteiger partial charge in [-0.05, 0) is 79.5 Å². The molecule has 2 amide bonds. The highest BCUT2D eigenvalue weighted by molar-refractivity contribution is 6.03. The molecule has 212 valence electrons. The topological polar surface area (TPSA) is 131 Å². The molecule has 2 aromatic heterocycles. The first-order chi connectivity index (χ1) is 19.1. The van der Waals surface area contributed by atoms with Crippen molar-refractivity contribution >= 4 is 17.7 Å². The average Bonchev–Trinajstić information content (AvgIpc) is 2.92. The van der Waals surface area contributed by atoms with Gasteiger partial charge in [0.05, 0.1) is 30.1 Å². The summed E-state index contributed by atoms with van der Waals surface area (Å²) in [4.78, 5) is 32.5. The number of nitrogens with two attached hydrogens (primary N) is 1. The van der Waals surface area contributed by atoms with Gasteiger partial charge in [0.1, 0.15) is 28.8 Å². The Morgan fingerprint density at radius 2 is 1.88 bits per heavy atom. The third-order valence-corrected chi connectivity index (χ3v) is 7.14. The number of rotatable bonds is 8. The van der Waals surface area contributed by atoms with Crippen molar-refractivity contribution in [3.05, 3.63) is 77.0 Å². The van der Waals surface area contributed by atoms with E-state index in [2.05, 4.69) is 15.3 Å². The van der Waals surface area contributed by atoms with Crippen LogP contribution in [0, 0.1) is 23.4 Å². The molecule has 1 aromatic carbocycles. The second-order valence-electron chi connectivity index (χ2n) is 9.76. The normalized spacial score (nSPS) is 18.8. The van der Waals surface area contributed by atoms with Gasteiger partial charge in [-0.2, -0.15) is 0 Å². The van der Waals surface area contributed by atoms with Crippen molar-refractivity contribution < 1.29 is 32.6 Å². The predicted octanol–water partition coefficient (Wildman–Crippen LogP) is 5.48. The van der Waals surface area contributed by atoms with E-state index in [1.807, 2.05) is 6.92 Å². The van der Waals surface area contributed by atoms with Gasteiger partial charge in [0.25, 0.3) is 5.91 Å². The van der Waals surface area contributed by atoms with Crippen LogP contribution in [0.25, 0.3) is 11.3 Å². The Labute approximate surface area is 229 Å². The zero-order valence-corrected chi connectivity index (χ0v) is 22.0. The molecule has 1 aliphatic carbocycles. The summed E-state index contributed by atoms with van der Waals surface area (Å²) in [5, 5.41) is 12.8. The van der Waals surface area contributed by atoms with E-state index in [0.29, 0.717) is 31.6 Å². The molecule has 3 aromatic rings. The Hall–Kier alpha value is -4.03. The smallest absolute Gasteiger partial charge is 0.421 e. The number of anilines is 1. The van der Waals surface area contributed by atoms with Crippen LogP contribution in [0.5, 0.6) is 0 Å². The predicted molar refractivity (Wildman–Crippen MR) is 141 cm³/mol. The van der Waals surface area contributed by atoms with Gasteiger partial charge in [-0.15, -0.1) is 0 Å². The molecule has 1 aliphatic rings.